The number of halogens is 1. The van der Waals surface area contributed by atoms with Crippen LogP contribution in [0.1, 0.15) is 12.0 Å². The Morgan fingerprint density at radius 1 is 1.50 bits per heavy atom. The molecule has 1 saturated heterocycles. The maximum absolute atomic E-state index is 9.08. The molecule has 0 amide bonds. The van der Waals surface area contributed by atoms with Crippen molar-refractivity contribution in [3.63, 3.8) is 0 Å². The molecule has 1 aliphatic heterocycles. The van der Waals surface area contributed by atoms with Crippen LogP contribution < -0.4 is 5.73 Å². The molecule has 1 fully saturated rings. The van der Waals surface area contributed by atoms with Gasteiger partial charge >= 0.3 is 0 Å². The lowest BCUT2D eigenvalue weighted by molar-refractivity contribution is 0.220. The molecule has 3 nitrogen and oxygen atoms in total. The predicted molar refractivity (Wildman–Crippen MR) is 66.3 cm³/mol. The second kappa shape index (κ2) is 5.04. The molecule has 0 radical (unpaired) electrons. The van der Waals surface area contributed by atoms with Gasteiger partial charge in [0.25, 0.3) is 0 Å². The Balaban J connectivity index is 2.01. The number of nitrogens with two attached hydrogens (primary N) is 1. The number of anilines is 1. The molecule has 2 rings (SSSR count). The number of benzene rings is 1. The average molecular weight is 241 g/mol. The van der Waals surface area contributed by atoms with Gasteiger partial charge in [0.05, 0.1) is 0 Å². The van der Waals surface area contributed by atoms with Crippen molar-refractivity contribution in [2.45, 2.75) is 13.0 Å². The monoisotopic (exact) mass is 240 g/mol. The van der Waals surface area contributed by atoms with Crippen LogP contribution in [0.3, 0.4) is 0 Å². The van der Waals surface area contributed by atoms with E-state index in [2.05, 4.69) is 4.90 Å². The zero-order valence-electron chi connectivity index (χ0n) is 9.19. The Morgan fingerprint density at radius 3 is 3.00 bits per heavy atom. The predicted octanol–water partition coefficient (Wildman–Crippen LogP) is 1.74. The second-order valence-electron chi connectivity index (χ2n) is 4.42. The highest BCUT2D eigenvalue weighted by molar-refractivity contribution is 6.30. The number of likely N-dealkylation sites (tertiary alicyclic amines) is 1. The summed E-state index contributed by atoms with van der Waals surface area (Å²) in [5.74, 6) is 0.417. The van der Waals surface area contributed by atoms with Crippen LogP contribution in [0.4, 0.5) is 5.69 Å². The Labute approximate surface area is 101 Å². The van der Waals surface area contributed by atoms with Crippen molar-refractivity contribution in [2.24, 2.45) is 5.92 Å². The molecule has 88 valence electrons. The van der Waals surface area contributed by atoms with Gasteiger partial charge in [0.15, 0.2) is 0 Å². The van der Waals surface area contributed by atoms with Crippen LogP contribution in [0.15, 0.2) is 18.2 Å². The SMILES string of the molecule is Nc1ccc(Cl)cc1CN1CCC(CO)C1. The molecule has 16 heavy (non-hydrogen) atoms. The third-order valence-corrected chi connectivity index (χ3v) is 3.36. The maximum atomic E-state index is 9.08. The zero-order chi connectivity index (χ0) is 11.5. The van der Waals surface area contributed by atoms with Crippen LogP contribution in [-0.2, 0) is 6.54 Å². The Bertz CT molecular complexity index is 370. The smallest absolute Gasteiger partial charge is 0.0471 e. The highest BCUT2D eigenvalue weighted by Crippen LogP contribution is 2.23. The van der Waals surface area contributed by atoms with Gasteiger partial charge in [0.2, 0.25) is 0 Å². The van der Waals surface area contributed by atoms with Crippen LogP contribution >= 0.6 is 11.6 Å². The summed E-state index contributed by atoms with van der Waals surface area (Å²) in [6, 6.07) is 5.57. The standard InChI is InChI=1S/C12H17ClN2O/c13-11-1-2-12(14)10(5-11)7-15-4-3-9(6-15)8-16/h1-2,5,9,16H,3-4,6-8,14H2. The summed E-state index contributed by atoms with van der Waals surface area (Å²) < 4.78 is 0. The third kappa shape index (κ3) is 2.67. The first-order valence-electron chi connectivity index (χ1n) is 5.56. The molecule has 0 spiro atoms. The van der Waals surface area contributed by atoms with Gasteiger partial charge in [-0.2, -0.15) is 0 Å². The molecule has 1 atom stereocenters. The first-order chi connectivity index (χ1) is 7.69. The summed E-state index contributed by atoms with van der Waals surface area (Å²) in [5.41, 5.74) is 7.76. The number of aliphatic hydroxyl groups is 1. The van der Waals surface area contributed by atoms with Crippen molar-refractivity contribution >= 4 is 17.3 Å². The van der Waals surface area contributed by atoms with Crippen molar-refractivity contribution < 1.29 is 5.11 Å². The van der Waals surface area contributed by atoms with E-state index < -0.39 is 0 Å². The van der Waals surface area contributed by atoms with Gasteiger partial charge < -0.3 is 10.8 Å². The minimum absolute atomic E-state index is 0.279. The van der Waals surface area contributed by atoms with E-state index in [0.717, 1.165) is 42.3 Å². The lowest BCUT2D eigenvalue weighted by Gasteiger charge is -2.17. The molecule has 0 saturated carbocycles. The van der Waals surface area contributed by atoms with Crippen molar-refractivity contribution in [1.29, 1.82) is 0 Å². The van der Waals surface area contributed by atoms with Crippen molar-refractivity contribution in [3.8, 4) is 0 Å². The van der Waals surface area contributed by atoms with Crippen LogP contribution in [0, 0.1) is 5.92 Å². The molecule has 0 aromatic heterocycles. The van der Waals surface area contributed by atoms with E-state index in [4.69, 9.17) is 22.4 Å². The number of hydrogen-bond acceptors (Lipinski definition) is 3. The summed E-state index contributed by atoms with van der Waals surface area (Å²) in [4.78, 5) is 2.31. The summed E-state index contributed by atoms with van der Waals surface area (Å²) in [7, 11) is 0. The molecule has 1 aliphatic rings. The molecule has 1 unspecified atom stereocenters. The lowest BCUT2D eigenvalue weighted by Crippen LogP contribution is -2.21. The Morgan fingerprint density at radius 2 is 2.31 bits per heavy atom. The van der Waals surface area contributed by atoms with E-state index in [-0.39, 0.29) is 6.61 Å². The average Bonchev–Trinajstić information content (AvgIpc) is 2.71. The summed E-state index contributed by atoms with van der Waals surface area (Å²) in [5, 5.41) is 9.80. The minimum atomic E-state index is 0.279. The number of rotatable bonds is 3. The highest BCUT2D eigenvalue weighted by atomic mass is 35.5. The van der Waals surface area contributed by atoms with Crippen molar-refractivity contribution in [1.82, 2.24) is 4.90 Å². The summed E-state index contributed by atoms with van der Waals surface area (Å²) in [6.45, 7) is 3.07. The second-order valence-corrected chi connectivity index (χ2v) is 4.85. The molecule has 3 N–H and O–H groups in total. The van der Waals surface area contributed by atoms with Gasteiger partial charge in [-0.1, -0.05) is 11.6 Å². The van der Waals surface area contributed by atoms with Gasteiger partial charge in [-0.25, -0.2) is 0 Å². The normalized spacial score (nSPS) is 21.5. The largest absolute Gasteiger partial charge is 0.398 e. The first-order valence-corrected chi connectivity index (χ1v) is 5.94. The van der Waals surface area contributed by atoms with Crippen LogP contribution in [-0.4, -0.2) is 29.7 Å². The van der Waals surface area contributed by atoms with E-state index >= 15 is 0 Å². The third-order valence-electron chi connectivity index (χ3n) is 3.13. The fraction of sp³-hybridized carbons (Fsp3) is 0.500. The minimum Gasteiger partial charge on any atom is -0.398 e. The fourth-order valence-corrected chi connectivity index (χ4v) is 2.35. The van der Waals surface area contributed by atoms with Crippen LogP contribution in [0.25, 0.3) is 0 Å². The zero-order valence-corrected chi connectivity index (χ0v) is 9.95. The topological polar surface area (TPSA) is 49.5 Å². The van der Waals surface area contributed by atoms with Gasteiger partial charge in [-0.15, -0.1) is 0 Å². The Kier molecular flexibility index (Phi) is 3.69. The van der Waals surface area contributed by atoms with E-state index in [9.17, 15) is 0 Å². The van der Waals surface area contributed by atoms with Crippen molar-refractivity contribution in [2.75, 3.05) is 25.4 Å². The number of nitrogens with zero attached hydrogens (tertiary/aromatic N) is 1. The van der Waals surface area contributed by atoms with E-state index in [1.54, 1.807) is 6.07 Å². The molecule has 4 heteroatoms. The molecular formula is C12H17ClN2O. The van der Waals surface area contributed by atoms with Crippen LogP contribution in [0.2, 0.25) is 5.02 Å². The number of nitrogen functional groups attached to an aromatic ring is 1. The molecule has 0 bridgehead atoms. The molecule has 1 heterocycles. The molecule has 0 aliphatic carbocycles. The highest BCUT2D eigenvalue weighted by Gasteiger charge is 2.21. The van der Waals surface area contributed by atoms with Crippen molar-refractivity contribution in [3.05, 3.63) is 28.8 Å². The fourth-order valence-electron chi connectivity index (χ4n) is 2.16. The maximum Gasteiger partial charge on any atom is 0.0471 e. The van der Waals surface area contributed by atoms with Gasteiger partial charge in [0.1, 0.15) is 0 Å². The van der Waals surface area contributed by atoms with E-state index in [1.165, 1.54) is 0 Å². The van der Waals surface area contributed by atoms with E-state index in [1.807, 2.05) is 12.1 Å². The van der Waals surface area contributed by atoms with Gasteiger partial charge in [-0.05, 0) is 42.6 Å². The molecule has 1 aromatic carbocycles. The number of hydrogen-bond donors (Lipinski definition) is 2. The van der Waals surface area contributed by atoms with Gasteiger partial charge in [0, 0.05) is 30.4 Å². The lowest BCUT2D eigenvalue weighted by atomic mass is 10.1. The first kappa shape index (κ1) is 11.7. The quantitative estimate of drug-likeness (QED) is 0.792. The van der Waals surface area contributed by atoms with Gasteiger partial charge in [-0.3, -0.25) is 4.90 Å². The summed E-state index contributed by atoms with van der Waals surface area (Å²) >= 11 is 5.94. The summed E-state index contributed by atoms with van der Waals surface area (Å²) in [6.07, 6.45) is 1.07. The van der Waals surface area contributed by atoms with Crippen LogP contribution in [0.5, 0.6) is 0 Å². The molecule has 1 aromatic rings. The van der Waals surface area contributed by atoms with E-state index in [0.29, 0.717) is 5.92 Å². The Hall–Kier alpha value is -0.770. The molecular weight excluding hydrogens is 224 g/mol. The number of aliphatic hydroxyl groups excluding tert-OH is 1.